The Hall–Kier alpha value is -0.636. The van der Waals surface area contributed by atoms with E-state index in [4.69, 9.17) is 16.3 Å². The summed E-state index contributed by atoms with van der Waals surface area (Å²) >= 11 is 5.93. The van der Waals surface area contributed by atoms with Gasteiger partial charge in [0.05, 0.1) is 12.9 Å². The number of hydrogen-bond acceptors (Lipinski definition) is 2. The van der Waals surface area contributed by atoms with E-state index in [1.165, 1.54) is 13.2 Å². The van der Waals surface area contributed by atoms with Gasteiger partial charge in [-0.05, 0) is 16.8 Å². The van der Waals surface area contributed by atoms with E-state index in [0.29, 0.717) is 27.7 Å². The van der Waals surface area contributed by atoms with Crippen molar-refractivity contribution < 1.29 is 41.8 Å². The van der Waals surface area contributed by atoms with E-state index in [9.17, 15) is 4.39 Å². The van der Waals surface area contributed by atoms with Gasteiger partial charge in [-0.2, -0.15) is 23.8 Å². The number of benzene rings is 1. The Morgan fingerprint density at radius 2 is 2.11 bits per heavy atom. The first kappa shape index (κ1) is 16.4. The molecule has 0 fully saturated rings. The van der Waals surface area contributed by atoms with Gasteiger partial charge in [-0.15, -0.1) is 6.07 Å². The molecule has 2 rings (SSSR count). The molecule has 0 saturated heterocycles. The van der Waals surface area contributed by atoms with Crippen LogP contribution in [0.4, 0.5) is 4.39 Å². The monoisotopic (exact) mass is 353 g/mol. The predicted octanol–water partition coefficient (Wildman–Crippen LogP) is 3.56. The van der Waals surface area contributed by atoms with Crippen molar-refractivity contribution in [2.24, 2.45) is 0 Å². The predicted molar refractivity (Wildman–Crippen MR) is 70.4 cm³/mol. The third-order valence-electron chi connectivity index (χ3n) is 2.78. The Balaban J connectivity index is 0.00000180. The van der Waals surface area contributed by atoms with Crippen molar-refractivity contribution in [3.63, 3.8) is 0 Å². The average molecular weight is 354 g/mol. The second-order valence-corrected chi connectivity index (χ2v) is 4.24. The van der Waals surface area contributed by atoms with Crippen LogP contribution < -0.4 is 4.74 Å². The fraction of sp³-hybridized carbons (Fsp3) is 0.143. The molecule has 19 heavy (non-hydrogen) atoms. The van der Waals surface area contributed by atoms with Crippen LogP contribution in [0.2, 0.25) is 0 Å². The maximum atomic E-state index is 14.0. The first-order chi connectivity index (χ1) is 8.54. The molecule has 97 valence electrons. The topological polar surface area (TPSA) is 12.5 Å². The van der Waals surface area contributed by atoms with Gasteiger partial charge in [0.2, 0.25) is 0 Å². The molecule has 0 saturated carbocycles. The Morgan fingerprint density at radius 3 is 2.68 bits per heavy atom. The van der Waals surface area contributed by atoms with Crippen molar-refractivity contribution >= 4 is 17.3 Å². The van der Waals surface area contributed by atoms with Crippen LogP contribution in [0.5, 0.6) is 5.75 Å². The molecule has 1 radical (unpaired) electrons. The molecule has 0 spiro atoms. The molecule has 1 aliphatic heterocycles. The molecule has 0 N–H and O–H groups in total. The van der Waals surface area contributed by atoms with E-state index in [2.05, 4.69) is 12.7 Å². The van der Waals surface area contributed by atoms with Gasteiger partial charge in [0.25, 0.3) is 0 Å². The van der Waals surface area contributed by atoms with Gasteiger partial charge in [-0.3, -0.25) is 0 Å². The molecular formula is C14H12ClFNOY-. The second kappa shape index (κ2) is 6.69. The molecule has 5 heteroatoms. The van der Waals surface area contributed by atoms with Gasteiger partial charge in [0.15, 0.2) is 0 Å². The number of likely N-dealkylation sites (N-methyl/N-ethyl adjacent to an activating group) is 1. The van der Waals surface area contributed by atoms with Crippen LogP contribution in [-0.4, -0.2) is 19.1 Å². The molecule has 0 bridgehead atoms. The fourth-order valence-corrected chi connectivity index (χ4v) is 1.86. The van der Waals surface area contributed by atoms with Gasteiger partial charge in [-0.25, -0.2) is 4.39 Å². The maximum absolute atomic E-state index is 14.0. The van der Waals surface area contributed by atoms with Crippen LogP contribution in [0.15, 0.2) is 41.6 Å². The van der Waals surface area contributed by atoms with E-state index in [-0.39, 0.29) is 38.5 Å². The van der Waals surface area contributed by atoms with Gasteiger partial charge < -0.3 is 9.64 Å². The average Bonchev–Trinajstić information content (AvgIpc) is 2.37. The van der Waals surface area contributed by atoms with E-state index in [1.54, 1.807) is 30.2 Å². The van der Waals surface area contributed by atoms with E-state index in [1.807, 2.05) is 0 Å². The minimum absolute atomic E-state index is 0. The Morgan fingerprint density at radius 1 is 1.42 bits per heavy atom. The molecular weight excluding hydrogens is 342 g/mol. The van der Waals surface area contributed by atoms with Gasteiger partial charge in [0.1, 0.15) is 5.75 Å². The quantitative estimate of drug-likeness (QED) is 0.754. The van der Waals surface area contributed by atoms with Crippen LogP contribution in [0.1, 0.15) is 5.56 Å². The number of halogens is 2. The summed E-state index contributed by atoms with van der Waals surface area (Å²) in [5, 5.41) is 0.496. The summed E-state index contributed by atoms with van der Waals surface area (Å²) in [5.41, 5.74) is 1.63. The zero-order chi connectivity index (χ0) is 13.3. The fourth-order valence-electron chi connectivity index (χ4n) is 1.68. The van der Waals surface area contributed by atoms with Crippen molar-refractivity contribution in [3.05, 3.63) is 59.0 Å². The normalized spacial score (nSPS) is 14.5. The van der Waals surface area contributed by atoms with Crippen LogP contribution >= 0.6 is 11.6 Å². The van der Waals surface area contributed by atoms with Crippen LogP contribution in [0.3, 0.4) is 0 Å². The first-order valence-corrected chi connectivity index (χ1v) is 5.68. The van der Waals surface area contributed by atoms with Crippen molar-refractivity contribution in [1.82, 2.24) is 4.90 Å². The standard InChI is InChI=1S/C14H12ClFNO.Y/c1-9-12(15)6-7-14(17(9)2)11-5-4-10(18-3)8-13(11)16;/h4-6,8H,1H2,2-3H3;/q-1;. The molecule has 1 aromatic carbocycles. The molecule has 0 aliphatic carbocycles. The van der Waals surface area contributed by atoms with E-state index in [0.717, 1.165) is 0 Å². The molecule has 0 aromatic heterocycles. The number of methoxy groups -OCH3 is 1. The Labute approximate surface area is 142 Å². The molecule has 1 heterocycles. The Kier molecular flexibility index (Phi) is 5.78. The largest absolute Gasteiger partial charge is 0.497 e. The second-order valence-electron chi connectivity index (χ2n) is 3.84. The number of ether oxygens (including phenoxy) is 1. The number of nitrogens with zero attached hydrogens (tertiary/aromatic N) is 1. The molecule has 1 aliphatic rings. The number of rotatable bonds is 2. The molecule has 0 atom stereocenters. The number of hydrogen-bond donors (Lipinski definition) is 0. The number of allylic oxidation sites excluding steroid dienone is 3. The van der Waals surface area contributed by atoms with Crippen LogP contribution in [0.25, 0.3) is 5.70 Å². The third kappa shape index (κ3) is 3.28. The summed E-state index contributed by atoms with van der Waals surface area (Å²) in [6.07, 6.45) is 4.54. The third-order valence-corrected chi connectivity index (χ3v) is 3.11. The Bertz CT molecular complexity index is 569. The van der Waals surface area contributed by atoms with Crippen molar-refractivity contribution in [2.45, 2.75) is 0 Å². The zero-order valence-corrected chi connectivity index (χ0v) is 14.3. The zero-order valence-electron chi connectivity index (χ0n) is 10.7. The molecule has 1 aromatic rings. The molecule has 0 unspecified atom stereocenters. The van der Waals surface area contributed by atoms with Gasteiger partial charge in [-0.1, -0.05) is 17.8 Å². The maximum Gasteiger partial charge on any atom is 0.119 e. The molecule has 2 nitrogen and oxygen atoms in total. The summed E-state index contributed by atoms with van der Waals surface area (Å²) in [6.45, 7) is 3.83. The summed E-state index contributed by atoms with van der Waals surface area (Å²) in [4.78, 5) is 1.70. The summed E-state index contributed by atoms with van der Waals surface area (Å²) in [6, 6.07) is 4.68. The van der Waals surface area contributed by atoms with E-state index < -0.39 is 0 Å². The van der Waals surface area contributed by atoms with E-state index >= 15 is 0 Å². The SMILES string of the molecule is C=C1C(Cl)=C[C-]=C(c2ccc(OC)cc2F)N1C.[Y]. The summed E-state index contributed by atoms with van der Waals surface area (Å²) in [5.74, 6) is 0.102. The minimum atomic E-state index is -0.372. The minimum Gasteiger partial charge on any atom is -0.497 e. The van der Waals surface area contributed by atoms with Crippen molar-refractivity contribution in [1.29, 1.82) is 0 Å². The van der Waals surface area contributed by atoms with Gasteiger partial charge >= 0.3 is 0 Å². The van der Waals surface area contributed by atoms with Gasteiger partial charge in [0, 0.05) is 45.8 Å². The van der Waals surface area contributed by atoms with Crippen LogP contribution in [-0.2, 0) is 32.7 Å². The molecule has 0 amide bonds. The summed E-state index contributed by atoms with van der Waals surface area (Å²) in [7, 11) is 3.26. The van der Waals surface area contributed by atoms with Crippen molar-refractivity contribution in [2.75, 3.05) is 14.2 Å². The van der Waals surface area contributed by atoms with Crippen molar-refractivity contribution in [3.8, 4) is 5.75 Å². The first-order valence-electron chi connectivity index (χ1n) is 5.30. The van der Waals surface area contributed by atoms with Crippen LogP contribution in [0, 0.1) is 11.9 Å². The summed E-state index contributed by atoms with van der Waals surface area (Å²) < 4.78 is 18.9. The smallest absolute Gasteiger partial charge is 0.119 e.